The average molecular weight is 253 g/mol. The van der Waals surface area contributed by atoms with Crippen LogP contribution in [0.1, 0.15) is 28.9 Å². The molecular weight excluding hydrogens is 238 g/mol. The van der Waals surface area contributed by atoms with E-state index in [0.717, 1.165) is 0 Å². The first kappa shape index (κ1) is 14.1. The minimum absolute atomic E-state index is 0.0770. The Morgan fingerprint density at radius 1 is 1.44 bits per heavy atom. The smallest absolute Gasteiger partial charge is 0.216 e. The monoisotopic (exact) mass is 253 g/mol. The molecule has 0 aromatic heterocycles. The van der Waals surface area contributed by atoms with Gasteiger partial charge in [0.15, 0.2) is 6.29 Å². The molecule has 0 fully saturated rings. The fourth-order valence-corrected chi connectivity index (χ4v) is 1.52. The molecule has 6 heteroatoms. The van der Waals surface area contributed by atoms with E-state index in [0.29, 0.717) is 6.29 Å². The summed E-state index contributed by atoms with van der Waals surface area (Å²) in [5.74, 6) is -0.610. The Labute approximate surface area is 104 Å². The topological polar surface area (TPSA) is 107 Å². The van der Waals surface area contributed by atoms with Gasteiger partial charge in [0, 0.05) is 13.5 Å². The molecule has 1 rings (SSSR count). The quantitative estimate of drug-likeness (QED) is 0.541. The lowest BCUT2D eigenvalue weighted by atomic mass is 9.98. The summed E-state index contributed by atoms with van der Waals surface area (Å²) in [5.41, 5.74) is 0.0368. The Hall–Kier alpha value is -1.92. The summed E-state index contributed by atoms with van der Waals surface area (Å²) in [6.07, 6.45) is -2.24. The van der Waals surface area contributed by atoms with E-state index in [4.69, 9.17) is 0 Å². The first-order valence-electron chi connectivity index (χ1n) is 5.35. The van der Waals surface area contributed by atoms with Gasteiger partial charge in [-0.2, -0.15) is 0 Å². The van der Waals surface area contributed by atoms with Gasteiger partial charge in [0.1, 0.15) is 18.0 Å². The van der Waals surface area contributed by atoms with Crippen LogP contribution in [0.4, 0.5) is 0 Å². The molecule has 0 saturated heterocycles. The number of rotatable bonds is 5. The maximum absolute atomic E-state index is 10.8. The molecule has 0 bridgehead atoms. The molecule has 0 spiro atoms. The molecule has 0 aliphatic carbocycles. The lowest BCUT2D eigenvalue weighted by Gasteiger charge is -2.19. The van der Waals surface area contributed by atoms with Crippen molar-refractivity contribution in [1.29, 1.82) is 0 Å². The van der Waals surface area contributed by atoms with Crippen molar-refractivity contribution in [2.45, 2.75) is 19.1 Å². The van der Waals surface area contributed by atoms with Crippen LogP contribution in [0.5, 0.6) is 5.75 Å². The molecule has 6 nitrogen and oxygen atoms in total. The van der Waals surface area contributed by atoms with E-state index in [1.807, 2.05) is 0 Å². The first-order chi connectivity index (χ1) is 8.47. The molecule has 1 aromatic rings. The summed E-state index contributed by atoms with van der Waals surface area (Å²) in [4.78, 5) is 21.5. The zero-order valence-electron chi connectivity index (χ0n) is 9.83. The summed E-state index contributed by atoms with van der Waals surface area (Å²) >= 11 is 0. The van der Waals surface area contributed by atoms with E-state index in [1.54, 1.807) is 0 Å². The number of phenols is 1. The zero-order valence-corrected chi connectivity index (χ0v) is 9.83. The number of hydrogen-bond acceptors (Lipinski definition) is 5. The predicted molar refractivity (Wildman–Crippen MR) is 63.1 cm³/mol. The van der Waals surface area contributed by atoms with E-state index >= 15 is 0 Å². The van der Waals surface area contributed by atoms with Crippen LogP contribution in [0.2, 0.25) is 0 Å². The molecule has 0 saturated carbocycles. The van der Waals surface area contributed by atoms with Gasteiger partial charge in [-0.1, -0.05) is 12.1 Å². The molecule has 1 amide bonds. The minimum atomic E-state index is -1.37. The number of phenolic OH excluding ortho intramolecular Hbond substituents is 1. The lowest BCUT2D eigenvalue weighted by Crippen LogP contribution is -2.34. The van der Waals surface area contributed by atoms with Gasteiger partial charge in [0.2, 0.25) is 5.91 Å². The van der Waals surface area contributed by atoms with Crippen molar-refractivity contribution in [2.75, 3.05) is 6.54 Å². The Bertz CT molecular complexity index is 446. The van der Waals surface area contributed by atoms with Gasteiger partial charge in [-0.05, 0) is 11.6 Å². The van der Waals surface area contributed by atoms with E-state index in [2.05, 4.69) is 5.32 Å². The largest absolute Gasteiger partial charge is 0.507 e. The normalized spacial score (nSPS) is 13.7. The number of amides is 1. The minimum Gasteiger partial charge on any atom is -0.507 e. The van der Waals surface area contributed by atoms with Crippen molar-refractivity contribution in [3.8, 4) is 5.75 Å². The van der Waals surface area contributed by atoms with Crippen LogP contribution in [0.15, 0.2) is 18.2 Å². The summed E-state index contributed by atoms with van der Waals surface area (Å²) in [7, 11) is 0. The number of hydrogen-bond donors (Lipinski definition) is 4. The van der Waals surface area contributed by atoms with Crippen molar-refractivity contribution in [3.63, 3.8) is 0 Å². The van der Waals surface area contributed by atoms with Crippen molar-refractivity contribution in [1.82, 2.24) is 5.32 Å². The number of nitrogens with one attached hydrogen (secondary N) is 1. The summed E-state index contributed by atoms with van der Waals surface area (Å²) in [5, 5.41) is 31.3. The van der Waals surface area contributed by atoms with Crippen LogP contribution >= 0.6 is 0 Å². The van der Waals surface area contributed by atoms with Crippen LogP contribution in [0, 0.1) is 0 Å². The van der Waals surface area contributed by atoms with Crippen molar-refractivity contribution >= 4 is 12.2 Å². The van der Waals surface area contributed by atoms with Gasteiger partial charge >= 0.3 is 0 Å². The van der Waals surface area contributed by atoms with Crippen molar-refractivity contribution < 1.29 is 24.9 Å². The SMILES string of the molecule is CC(=O)NCC(O)C(O)c1cccc(O)c1C=O. The number of aldehydes is 1. The number of carbonyl (C=O) groups excluding carboxylic acids is 2. The fraction of sp³-hybridized carbons (Fsp3) is 0.333. The second-order valence-corrected chi connectivity index (χ2v) is 3.85. The standard InChI is InChI=1S/C12H15NO5/c1-7(15)13-5-11(17)12(18)8-3-2-4-10(16)9(8)6-14/h2-4,6,11-12,16-18H,5H2,1H3,(H,13,15). The molecule has 4 N–H and O–H groups in total. The first-order valence-corrected chi connectivity index (χ1v) is 5.35. The molecule has 18 heavy (non-hydrogen) atoms. The van der Waals surface area contributed by atoms with E-state index in [9.17, 15) is 24.9 Å². The maximum Gasteiger partial charge on any atom is 0.216 e. The lowest BCUT2D eigenvalue weighted by molar-refractivity contribution is -0.119. The van der Waals surface area contributed by atoms with Gasteiger partial charge in [0.05, 0.1) is 5.56 Å². The van der Waals surface area contributed by atoms with Crippen LogP contribution in [-0.2, 0) is 4.79 Å². The molecule has 0 heterocycles. The Morgan fingerprint density at radius 3 is 2.67 bits per heavy atom. The fourth-order valence-electron chi connectivity index (χ4n) is 1.52. The number of aromatic hydroxyl groups is 1. The zero-order chi connectivity index (χ0) is 13.7. The number of aliphatic hydroxyl groups is 2. The maximum atomic E-state index is 10.8. The van der Waals surface area contributed by atoms with Crippen LogP contribution < -0.4 is 5.32 Å². The highest BCUT2D eigenvalue weighted by atomic mass is 16.3. The van der Waals surface area contributed by atoms with Gasteiger partial charge < -0.3 is 20.6 Å². The van der Waals surface area contributed by atoms with E-state index in [1.165, 1.54) is 25.1 Å². The van der Waals surface area contributed by atoms with E-state index < -0.39 is 12.2 Å². The van der Waals surface area contributed by atoms with Gasteiger partial charge in [-0.25, -0.2) is 0 Å². The summed E-state index contributed by atoms with van der Waals surface area (Å²) in [6.45, 7) is 1.13. The summed E-state index contributed by atoms with van der Waals surface area (Å²) < 4.78 is 0. The molecule has 0 aliphatic heterocycles. The van der Waals surface area contributed by atoms with Crippen LogP contribution in [0.3, 0.4) is 0 Å². The Kier molecular flexibility index (Phi) is 4.82. The Morgan fingerprint density at radius 2 is 2.11 bits per heavy atom. The molecule has 2 unspecified atom stereocenters. The highest BCUT2D eigenvalue weighted by Gasteiger charge is 2.22. The number of aliphatic hydroxyl groups excluding tert-OH is 2. The second-order valence-electron chi connectivity index (χ2n) is 3.85. The molecule has 0 radical (unpaired) electrons. The highest BCUT2D eigenvalue weighted by Crippen LogP contribution is 2.26. The van der Waals surface area contributed by atoms with Gasteiger partial charge in [-0.15, -0.1) is 0 Å². The van der Waals surface area contributed by atoms with Gasteiger partial charge in [-0.3, -0.25) is 9.59 Å². The third kappa shape index (κ3) is 3.28. The number of benzene rings is 1. The van der Waals surface area contributed by atoms with Crippen LogP contribution in [-0.4, -0.2) is 40.2 Å². The third-order valence-electron chi connectivity index (χ3n) is 2.48. The second kappa shape index (κ2) is 6.13. The van der Waals surface area contributed by atoms with Crippen LogP contribution in [0.25, 0.3) is 0 Å². The summed E-state index contributed by atoms with van der Waals surface area (Å²) in [6, 6.07) is 4.18. The molecule has 2 atom stereocenters. The van der Waals surface area contributed by atoms with Crippen molar-refractivity contribution in [2.24, 2.45) is 0 Å². The van der Waals surface area contributed by atoms with E-state index in [-0.39, 0.29) is 29.3 Å². The molecule has 1 aromatic carbocycles. The number of carbonyl (C=O) groups is 2. The average Bonchev–Trinajstić information content (AvgIpc) is 2.34. The molecule has 0 aliphatic rings. The predicted octanol–water partition coefficient (Wildman–Crippen LogP) is -0.265. The Balaban J connectivity index is 2.89. The molecular formula is C12H15NO5. The molecule has 98 valence electrons. The highest BCUT2D eigenvalue weighted by molar-refractivity contribution is 5.81. The van der Waals surface area contributed by atoms with Gasteiger partial charge in [0.25, 0.3) is 0 Å². The van der Waals surface area contributed by atoms with Crippen molar-refractivity contribution in [3.05, 3.63) is 29.3 Å². The third-order valence-corrected chi connectivity index (χ3v) is 2.48.